The van der Waals surface area contributed by atoms with E-state index >= 15 is 0 Å². The van der Waals surface area contributed by atoms with E-state index in [0.29, 0.717) is 11.3 Å². The summed E-state index contributed by atoms with van der Waals surface area (Å²) in [6.45, 7) is 0. The summed E-state index contributed by atoms with van der Waals surface area (Å²) in [7, 11) is -3.02. The third kappa shape index (κ3) is 1.71. The SMILES string of the molecule is O=S1(=O)C2=C(C=CC=CC2)C2CCCCCC21. The third-order valence-electron chi connectivity index (χ3n) is 4.24. The van der Waals surface area contributed by atoms with Crippen molar-refractivity contribution in [3.63, 3.8) is 0 Å². The zero-order chi connectivity index (χ0) is 11.9. The average Bonchev–Trinajstić information content (AvgIpc) is 2.62. The first-order chi connectivity index (χ1) is 8.21. The highest BCUT2D eigenvalue weighted by atomic mass is 32.2. The number of fused-ring (bicyclic) bond motifs is 2. The van der Waals surface area contributed by atoms with E-state index in [9.17, 15) is 8.42 Å². The van der Waals surface area contributed by atoms with Gasteiger partial charge < -0.3 is 0 Å². The molecule has 3 aliphatic rings. The van der Waals surface area contributed by atoms with Crippen molar-refractivity contribution in [1.29, 1.82) is 0 Å². The van der Waals surface area contributed by atoms with Crippen LogP contribution in [0.4, 0.5) is 0 Å². The molecule has 2 unspecified atom stereocenters. The van der Waals surface area contributed by atoms with E-state index in [0.717, 1.165) is 24.8 Å². The lowest BCUT2D eigenvalue weighted by Gasteiger charge is -2.17. The Bertz CT molecular complexity index is 508. The Labute approximate surface area is 103 Å². The lowest BCUT2D eigenvalue weighted by Crippen LogP contribution is -2.23. The van der Waals surface area contributed by atoms with Gasteiger partial charge in [-0.05, 0) is 18.4 Å². The molecule has 1 saturated carbocycles. The van der Waals surface area contributed by atoms with Gasteiger partial charge in [-0.2, -0.15) is 0 Å². The summed E-state index contributed by atoms with van der Waals surface area (Å²) < 4.78 is 25.1. The second kappa shape index (κ2) is 4.13. The lowest BCUT2D eigenvalue weighted by atomic mass is 9.90. The molecule has 0 radical (unpaired) electrons. The van der Waals surface area contributed by atoms with Crippen molar-refractivity contribution >= 4 is 9.84 Å². The first-order valence-electron chi connectivity index (χ1n) is 6.51. The Hall–Kier alpha value is -0.830. The Morgan fingerprint density at radius 1 is 1.06 bits per heavy atom. The first-order valence-corrected chi connectivity index (χ1v) is 8.06. The van der Waals surface area contributed by atoms with E-state index in [4.69, 9.17) is 0 Å². The fourth-order valence-corrected chi connectivity index (χ4v) is 5.85. The van der Waals surface area contributed by atoms with Crippen molar-refractivity contribution in [1.82, 2.24) is 0 Å². The predicted molar refractivity (Wildman–Crippen MR) is 69.2 cm³/mol. The minimum Gasteiger partial charge on any atom is -0.224 e. The summed E-state index contributed by atoms with van der Waals surface area (Å²) in [5.74, 6) is 0.272. The van der Waals surface area contributed by atoms with E-state index < -0.39 is 9.84 Å². The minimum absolute atomic E-state index is 0.119. The molecule has 1 aliphatic heterocycles. The zero-order valence-corrected chi connectivity index (χ0v) is 10.7. The number of hydrogen-bond acceptors (Lipinski definition) is 2. The molecule has 0 aromatic rings. The van der Waals surface area contributed by atoms with Gasteiger partial charge in [-0.1, -0.05) is 43.6 Å². The van der Waals surface area contributed by atoms with E-state index in [1.165, 1.54) is 12.8 Å². The van der Waals surface area contributed by atoms with Crippen LogP contribution in [0.5, 0.6) is 0 Å². The van der Waals surface area contributed by atoms with Crippen molar-refractivity contribution in [3.8, 4) is 0 Å². The summed E-state index contributed by atoms with van der Waals surface area (Å²) in [6, 6.07) is 0. The number of allylic oxidation sites excluding steroid dienone is 6. The molecule has 0 aromatic heterocycles. The summed E-state index contributed by atoms with van der Waals surface area (Å²) in [6.07, 6.45) is 13.9. The van der Waals surface area contributed by atoms with E-state index in [-0.39, 0.29) is 11.2 Å². The fraction of sp³-hybridized carbons (Fsp3) is 0.571. The van der Waals surface area contributed by atoms with Crippen LogP contribution in [0, 0.1) is 5.92 Å². The molecule has 0 saturated heterocycles. The van der Waals surface area contributed by atoms with Crippen molar-refractivity contribution in [2.75, 3.05) is 0 Å². The molecular weight excluding hydrogens is 232 g/mol. The minimum atomic E-state index is -3.02. The molecule has 92 valence electrons. The molecule has 2 nitrogen and oxygen atoms in total. The molecule has 3 heteroatoms. The van der Waals surface area contributed by atoms with E-state index in [1.807, 2.05) is 24.3 Å². The Morgan fingerprint density at radius 2 is 1.88 bits per heavy atom. The van der Waals surface area contributed by atoms with Gasteiger partial charge in [0.25, 0.3) is 0 Å². The number of rotatable bonds is 0. The van der Waals surface area contributed by atoms with E-state index in [1.54, 1.807) is 0 Å². The standard InChI is InChI=1S/C14H18O2S/c15-17(16)13-9-5-1-3-7-11(13)12-8-4-2-6-10-14(12)17/h1,3,5,7,12,14H,2,4,6,8-10H2. The number of sulfone groups is 1. The van der Waals surface area contributed by atoms with Gasteiger partial charge in [0.1, 0.15) is 0 Å². The monoisotopic (exact) mass is 250 g/mol. The fourth-order valence-electron chi connectivity index (χ4n) is 3.42. The summed E-state index contributed by atoms with van der Waals surface area (Å²) in [4.78, 5) is 0.708. The summed E-state index contributed by atoms with van der Waals surface area (Å²) in [5, 5.41) is -0.119. The largest absolute Gasteiger partial charge is 0.224 e. The van der Waals surface area contributed by atoms with Crippen LogP contribution >= 0.6 is 0 Å². The van der Waals surface area contributed by atoms with Gasteiger partial charge in [0.15, 0.2) is 9.84 Å². The molecular formula is C14H18O2S. The molecule has 0 N–H and O–H groups in total. The third-order valence-corrected chi connectivity index (χ3v) is 6.69. The van der Waals surface area contributed by atoms with Crippen LogP contribution in [0.15, 0.2) is 34.8 Å². The molecule has 0 aromatic carbocycles. The topological polar surface area (TPSA) is 34.1 Å². The van der Waals surface area contributed by atoms with Gasteiger partial charge in [0, 0.05) is 12.3 Å². The highest BCUT2D eigenvalue weighted by Crippen LogP contribution is 2.46. The normalized spacial score (nSPS) is 35.1. The van der Waals surface area contributed by atoms with Crippen molar-refractivity contribution < 1.29 is 8.42 Å². The molecule has 1 heterocycles. The van der Waals surface area contributed by atoms with Gasteiger partial charge >= 0.3 is 0 Å². The molecule has 1 fully saturated rings. The van der Waals surface area contributed by atoms with Crippen LogP contribution in [-0.4, -0.2) is 13.7 Å². The second-order valence-corrected chi connectivity index (χ2v) is 7.39. The molecule has 3 rings (SSSR count). The van der Waals surface area contributed by atoms with Crippen LogP contribution in [0.1, 0.15) is 38.5 Å². The van der Waals surface area contributed by atoms with Crippen molar-refractivity contribution in [2.45, 2.75) is 43.8 Å². The van der Waals surface area contributed by atoms with Crippen LogP contribution in [-0.2, 0) is 9.84 Å². The predicted octanol–water partition coefficient (Wildman–Crippen LogP) is 3.13. The zero-order valence-electron chi connectivity index (χ0n) is 9.93. The highest BCUT2D eigenvalue weighted by molar-refractivity contribution is 7.96. The van der Waals surface area contributed by atoms with E-state index in [2.05, 4.69) is 0 Å². The second-order valence-electron chi connectivity index (χ2n) is 5.20. The maximum absolute atomic E-state index is 12.5. The average molecular weight is 250 g/mol. The molecule has 2 aliphatic carbocycles. The smallest absolute Gasteiger partial charge is 0.178 e. The van der Waals surface area contributed by atoms with Gasteiger partial charge in [-0.25, -0.2) is 8.42 Å². The molecule has 0 bridgehead atoms. The molecule has 0 spiro atoms. The molecule has 17 heavy (non-hydrogen) atoms. The van der Waals surface area contributed by atoms with Gasteiger partial charge in [-0.3, -0.25) is 0 Å². The Kier molecular flexibility index (Phi) is 2.74. The maximum atomic E-state index is 12.5. The summed E-state index contributed by atoms with van der Waals surface area (Å²) >= 11 is 0. The first kappa shape index (κ1) is 11.3. The van der Waals surface area contributed by atoms with Gasteiger partial charge in [0.05, 0.1) is 10.2 Å². The van der Waals surface area contributed by atoms with Gasteiger partial charge in [0.2, 0.25) is 0 Å². The Balaban J connectivity index is 2.09. The Morgan fingerprint density at radius 3 is 2.76 bits per heavy atom. The quantitative estimate of drug-likeness (QED) is 0.662. The highest BCUT2D eigenvalue weighted by Gasteiger charge is 2.45. The van der Waals surface area contributed by atoms with Crippen molar-refractivity contribution in [2.24, 2.45) is 5.92 Å². The van der Waals surface area contributed by atoms with Crippen LogP contribution in [0.25, 0.3) is 0 Å². The van der Waals surface area contributed by atoms with Crippen LogP contribution < -0.4 is 0 Å². The van der Waals surface area contributed by atoms with Gasteiger partial charge in [-0.15, -0.1) is 0 Å². The maximum Gasteiger partial charge on any atom is 0.178 e. The van der Waals surface area contributed by atoms with Crippen LogP contribution in [0.2, 0.25) is 0 Å². The molecule has 0 amide bonds. The lowest BCUT2D eigenvalue weighted by molar-refractivity contribution is 0.525. The van der Waals surface area contributed by atoms with Crippen LogP contribution in [0.3, 0.4) is 0 Å². The van der Waals surface area contributed by atoms with Crippen molar-refractivity contribution in [3.05, 3.63) is 34.8 Å². The summed E-state index contributed by atoms with van der Waals surface area (Å²) in [5.41, 5.74) is 1.11. The molecule has 2 atom stereocenters. The number of hydrogen-bond donors (Lipinski definition) is 0.